The molecule has 7 heteroatoms. The van der Waals surface area contributed by atoms with Gasteiger partial charge in [-0.15, -0.1) is 0 Å². The lowest BCUT2D eigenvalue weighted by Gasteiger charge is -2.38. The van der Waals surface area contributed by atoms with Gasteiger partial charge in [0.05, 0.1) is 25.9 Å². The van der Waals surface area contributed by atoms with E-state index in [-0.39, 0.29) is 30.5 Å². The Morgan fingerprint density at radius 1 is 0.541 bits per heavy atom. The predicted octanol–water partition coefficient (Wildman–Crippen LogP) is 14.7. The number of esters is 2. The zero-order valence-electron chi connectivity index (χ0n) is 40.4. The van der Waals surface area contributed by atoms with E-state index in [0.29, 0.717) is 26.1 Å². The van der Waals surface area contributed by atoms with E-state index in [1.54, 1.807) is 0 Å². The molecule has 0 radical (unpaired) electrons. The summed E-state index contributed by atoms with van der Waals surface area (Å²) in [5.74, 6) is -0.0311. The highest BCUT2D eigenvalue weighted by Crippen LogP contribution is 2.25. The number of hydrogen-bond donors (Lipinski definition) is 2. The van der Waals surface area contributed by atoms with Gasteiger partial charge in [-0.25, -0.2) is 0 Å². The molecule has 2 N–H and O–H groups in total. The van der Waals surface area contributed by atoms with Crippen LogP contribution in [-0.2, 0) is 19.1 Å². The lowest BCUT2D eigenvalue weighted by molar-refractivity contribution is -0.144. The molecule has 3 atom stereocenters. The maximum absolute atomic E-state index is 12.4. The first-order valence-corrected chi connectivity index (χ1v) is 26.7. The number of rotatable bonds is 45. The molecule has 0 amide bonds. The molecule has 0 saturated carbocycles. The van der Waals surface area contributed by atoms with Crippen LogP contribution in [0.5, 0.6) is 0 Å². The number of aliphatic hydroxyl groups is 2. The summed E-state index contributed by atoms with van der Waals surface area (Å²) in [7, 11) is 0. The largest absolute Gasteiger partial charge is 0.466 e. The number of carbonyl (C=O) groups is 2. The van der Waals surface area contributed by atoms with Crippen LogP contribution in [0.4, 0.5) is 0 Å². The number of aliphatic hydroxyl groups excluding tert-OH is 2. The lowest BCUT2D eigenvalue weighted by Crippen LogP contribution is -2.46. The zero-order valence-corrected chi connectivity index (χ0v) is 40.4. The molecule has 2 unspecified atom stereocenters. The Morgan fingerprint density at radius 3 is 1.43 bits per heavy atom. The van der Waals surface area contributed by atoms with Crippen molar-refractivity contribution in [2.24, 2.45) is 5.92 Å². The summed E-state index contributed by atoms with van der Waals surface area (Å²) in [4.78, 5) is 27.0. The second-order valence-electron chi connectivity index (χ2n) is 18.6. The Hall–Kier alpha value is -1.70. The van der Waals surface area contributed by atoms with Crippen molar-refractivity contribution in [2.45, 2.75) is 270 Å². The van der Waals surface area contributed by atoms with E-state index in [2.05, 4.69) is 43.1 Å². The minimum absolute atomic E-state index is 0.0774. The number of allylic oxidation sites excluding steroid dienone is 4. The van der Waals surface area contributed by atoms with Gasteiger partial charge in [0.15, 0.2) is 0 Å². The molecule has 1 rings (SSSR count). The van der Waals surface area contributed by atoms with E-state index < -0.39 is 6.10 Å². The predicted molar refractivity (Wildman–Crippen MR) is 259 cm³/mol. The SMILES string of the molecule is CCCCCCCC/C=C\CCCCCCCC(=O)OCCCCCC(O)C(CCCCOC(=O)CCCCCCC/C=C\CCCCCCCC)CN1CCCC[C@H]1CO. The summed E-state index contributed by atoms with van der Waals surface area (Å²) in [6.45, 7) is 7.40. The lowest BCUT2D eigenvalue weighted by atomic mass is 9.90. The molecular formula is C54H101NO6. The first kappa shape index (κ1) is 57.3. The van der Waals surface area contributed by atoms with Crippen LogP contribution in [0.2, 0.25) is 0 Å². The maximum atomic E-state index is 12.4. The van der Waals surface area contributed by atoms with E-state index in [4.69, 9.17) is 9.47 Å². The summed E-state index contributed by atoms with van der Waals surface area (Å²) < 4.78 is 11.1. The fourth-order valence-electron chi connectivity index (χ4n) is 8.79. The average Bonchev–Trinajstić information content (AvgIpc) is 3.27. The Bertz CT molecular complexity index is 1020. The van der Waals surface area contributed by atoms with Crippen LogP contribution in [0.1, 0.15) is 258 Å². The fourth-order valence-corrected chi connectivity index (χ4v) is 8.79. The third kappa shape index (κ3) is 37.4. The number of nitrogens with zero attached hydrogens (tertiary/aromatic N) is 1. The first-order chi connectivity index (χ1) is 30.0. The van der Waals surface area contributed by atoms with Crippen LogP contribution in [-0.4, -0.2) is 72.1 Å². The quantitative estimate of drug-likeness (QED) is 0.0358. The van der Waals surface area contributed by atoms with Gasteiger partial charge in [0, 0.05) is 25.4 Å². The van der Waals surface area contributed by atoms with Crippen molar-refractivity contribution >= 4 is 11.9 Å². The van der Waals surface area contributed by atoms with Crippen LogP contribution in [0.15, 0.2) is 24.3 Å². The summed E-state index contributed by atoms with van der Waals surface area (Å²) in [6.07, 6.45) is 51.8. The van der Waals surface area contributed by atoms with Gasteiger partial charge in [0.25, 0.3) is 0 Å². The average molecular weight is 860 g/mol. The third-order valence-electron chi connectivity index (χ3n) is 12.9. The number of piperidine rings is 1. The molecule has 1 fully saturated rings. The van der Waals surface area contributed by atoms with Gasteiger partial charge in [0.2, 0.25) is 0 Å². The van der Waals surface area contributed by atoms with Crippen molar-refractivity contribution in [1.29, 1.82) is 0 Å². The Balaban J connectivity index is 2.14. The number of hydrogen-bond acceptors (Lipinski definition) is 7. The minimum atomic E-state index is -0.409. The van der Waals surface area contributed by atoms with Crippen LogP contribution >= 0.6 is 0 Å². The van der Waals surface area contributed by atoms with E-state index in [1.807, 2.05) is 0 Å². The molecule has 0 aromatic heterocycles. The van der Waals surface area contributed by atoms with Crippen molar-refractivity contribution in [3.05, 3.63) is 24.3 Å². The van der Waals surface area contributed by atoms with Crippen molar-refractivity contribution in [2.75, 3.05) is 32.9 Å². The molecule has 0 aromatic rings. The topological polar surface area (TPSA) is 96.3 Å². The van der Waals surface area contributed by atoms with Crippen molar-refractivity contribution in [1.82, 2.24) is 4.90 Å². The molecule has 358 valence electrons. The standard InChI is InChI=1S/C54H101NO6/c1-3-5-7-9-11-13-15-17-19-21-23-25-27-29-33-43-53(58)60-46-38-31-32-42-52(57)50(48-55-45-37-35-41-51(55)49-56)40-36-39-47-61-54(59)44-34-30-28-26-24-22-20-18-16-14-12-10-8-6-4-2/h17-20,50-52,56-57H,3-16,21-49H2,1-2H3/b19-17-,20-18-/t50?,51-,52?/m0/s1. The van der Waals surface area contributed by atoms with E-state index >= 15 is 0 Å². The molecule has 1 aliphatic rings. The van der Waals surface area contributed by atoms with Gasteiger partial charge < -0.3 is 19.7 Å². The van der Waals surface area contributed by atoms with Gasteiger partial charge in [-0.1, -0.05) is 154 Å². The number of ether oxygens (including phenoxy) is 2. The molecular weight excluding hydrogens is 759 g/mol. The molecule has 0 bridgehead atoms. The zero-order chi connectivity index (χ0) is 44.1. The number of likely N-dealkylation sites (tertiary alicyclic amines) is 1. The van der Waals surface area contributed by atoms with Crippen LogP contribution < -0.4 is 0 Å². The molecule has 1 heterocycles. The van der Waals surface area contributed by atoms with Crippen molar-refractivity contribution < 1.29 is 29.3 Å². The Kier molecular flexibility index (Phi) is 42.2. The number of unbranched alkanes of at least 4 members (excludes halogenated alkanes) is 25. The number of carbonyl (C=O) groups excluding carboxylic acids is 2. The van der Waals surface area contributed by atoms with Crippen LogP contribution in [0.3, 0.4) is 0 Å². The van der Waals surface area contributed by atoms with Crippen LogP contribution in [0, 0.1) is 5.92 Å². The van der Waals surface area contributed by atoms with Gasteiger partial charge in [-0.2, -0.15) is 0 Å². The van der Waals surface area contributed by atoms with Crippen LogP contribution in [0.25, 0.3) is 0 Å². The van der Waals surface area contributed by atoms with E-state index in [1.165, 1.54) is 141 Å². The molecule has 1 aliphatic heterocycles. The van der Waals surface area contributed by atoms with Crippen molar-refractivity contribution in [3.63, 3.8) is 0 Å². The molecule has 0 aliphatic carbocycles. The second-order valence-corrected chi connectivity index (χ2v) is 18.6. The van der Waals surface area contributed by atoms with E-state index in [0.717, 1.165) is 103 Å². The summed E-state index contributed by atoms with van der Waals surface area (Å²) >= 11 is 0. The fraction of sp³-hybridized carbons (Fsp3) is 0.889. The highest BCUT2D eigenvalue weighted by molar-refractivity contribution is 5.69. The van der Waals surface area contributed by atoms with Crippen molar-refractivity contribution in [3.8, 4) is 0 Å². The normalized spacial score (nSPS) is 15.8. The third-order valence-corrected chi connectivity index (χ3v) is 12.9. The molecule has 0 aromatic carbocycles. The molecule has 0 spiro atoms. The Labute approximate surface area is 378 Å². The van der Waals surface area contributed by atoms with Gasteiger partial charge in [-0.3, -0.25) is 14.5 Å². The van der Waals surface area contributed by atoms with E-state index in [9.17, 15) is 19.8 Å². The summed E-state index contributed by atoms with van der Waals surface area (Å²) in [5, 5.41) is 21.4. The van der Waals surface area contributed by atoms with Gasteiger partial charge in [0.1, 0.15) is 0 Å². The minimum Gasteiger partial charge on any atom is -0.466 e. The smallest absolute Gasteiger partial charge is 0.305 e. The molecule has 61 heavy (non-hydrogen) atoms. The Morgan fingerprint density at radius 2 is 0.951 bits per heavy atom. The van der Waals surface area contributed by atoms with Gasteiger partial charge in [-0.05, 0) is 128 Å². The summed E-state index contributed by atoms with van der Waals surface area (Å²) in [5.41, 5.74) is 0. The monoisotopic (exact) mass is 860 g/mol. The first-order valence-electron chi connectivity index (χ1n) is 26.7. The molecule has 1 saturated heterocycles. The second kappa shape index (κ2) is 44.9. The summed E-state index contributed by atoms with van der Waals surface area (Å²) in [6, 6.07) is 0.183. The van der Waals surface area contributed by atoms with Gasteiger partial charge >= 0.3 is 11.9 Å². The molecule has 7 nitrogen and oxygen atoms in total. The highest BCUT2D eigenvalue weighted by atomic mass is 16.5. The maximum Gasteiger partial charge on any atom is 0.305 e. The highest BCUT2D eigenvalue weighted by Gasteiger charge is 2.27.